The number of oxime groups is 1. The number of aryl methyl sites for hydroxylation is 1. The van der Waals surface area contributed by atoms with Crippen molar-refractivity contribution < 1.29 is 19.0 Å². The first kappa shape index (κ1) is 17.2. The minimum Gasteiger partial charge on any atom is -0.409 e. The van der Waals surface area contributed by atoms with Gasteiger partial charge in [-0.1, -0.05) is 23.0 Å². The molecule has 10 heteroatoms. The topological polar surface area (TPSA) is 113 Å². The zero-order valence-corrected chi connectivity index (χ0v) is 14.1. The fourth-order valence-electron chi connectivity index (χ4n) is 2.66. The highest BCUT2D eigenvalue weighted by molar-refractivity contribution is 8.00. The number of rotatable bonds is 5. The van der Waals surface area contributed by atoms with Crippen molar-refractivity contribution in [1.82, 2.24) is 20.9 Å². The standard InChI is InChI=1S/C15H16FN5O3S/c1-17-12(22)7-25-15-13(20-24-21-15)14(19-23)18-11-5-3-8-2-4-9(16)6-10(8)11/h2,4,6,11,23H,3,5,7H2,1H3,(H,17,22)(H,18,19). The van der Waals surface area contributed by atoms with Gasteiger partial charge in [-0.25, -0.2) is 9.02 Å². The Labute approximate surface area is 146 Å². The van der Waals surface area contributed by atoms with Crippen LogP contribution in [0.1, 0.15) is 29.3 Å². The molecule has 3 rings (SSSR count). The number of amides is 1. The fraction of sp³-hybridized carbons (Fsp3) is 0.333. The van der Waals surface area contributed by atoms with Gasteiger partial charge in [0.05, 0.1) is 11.8 Å². The third kappa shape index (κ3) is 3.73. The van der Waals surface area contributed by atoms with Gasteiger partial charge in [0.15, 0.2) is 16.6 Å². The Morgan fingerprint density at radius 2 is 2.36 bits per heavy atom. The van der Waals surface area contributed by atoms with E-state index in [-0.39, 0.29) is 35.0 Å². The van der Waals surface area contributed by atoms with Crippen molar-refractivity contribution in [2.24, 2.45) is 5.16 Å². The Hall–Kier alpha value is -2.62. The molecule has 0 saturated heterocycles. The molecular formula is C15H16FN5O3S. The Morgan fingerprint density at radius 3 is 3.12 bits per heavy atom. The molecule has 8 nitrogen and oxygen atoms in total. The molecule has 132 valence electrons. The summed E-state index contributed by atoms with van der Waals surface area (Å²) < 4.78 is 18.2. The Morgan fingerprint density at radius 1 is 1.52 bits per heavy atom. The van der Waals surface area contributed by atoms with Crippen molar-refractivity contribution in [2.45, 2.75) is 23.9 Å². The number of fused-ring (bicyclic) bond motifs is 1. The lowest BCUT2D eigenvalue weighted by Gasteiger charge is -2.15. The summed E-state index contributed by atoms with van der Waals surface area (Å²) in [6.45, 7) is 0. The van der Waals surface area contributed by atoms with E-state index in [1.54, 1.807) is 6.07 Å². The number of halogens is 1. The monoisotopic (exact) mass is 365 g/mol. The van der Waals surface area contributed by atoms with Gasteiger partial charge in [-0.3, -0.25) is 4.79 Å². The molecule has 0 spiro atoms. The van der Waals surface area contributed by atoms with Crippen LogP contribution in [-0.2, 0) is 11.2 Å². The molecule has 1 aromatic carbocycles. The summed E-state index contributed by atoms with van der Waals surface area (Å²) in [6, 6.07) is 4.43. The van der Waals surface area contributed by atoms with E-state index in [1.165, 1.54) is 19.2 Å². The molecule has 0 fully saturated rings. The maximum atomic E-state index is 13.5. The van der Waals surface area contributed by atoms with E-state index in [0.29, 0.717) is 5.03 Å². The summed E-state index contributed by atoms with van der Waals surface area (Å²) in [5, 5.41) is 25.9. The SMILES string of the molecule is CNC(=O)CSc1nonc1/C(=N/O)NC1CCc2ccc(F)cc21. The highest BCUT2D eigenvalue weighted by atomic mass is 32.2. The summed E-state index contributed by atoms with van der Waals surface area (Å²) >= 11 is 1.10. The number of carbonyl (C=O) groups is 1. The molecule has 1 unspecified atom stereocenters. The number of nitrogens with one attached hydrogen (secondary N) is 2. The minimum absolute atomic E-state index is 0.0581. The van der Waals surface area contributed by atoms with E-state index in [9.17, 15) is 14.4 Å². The van der Waals surface area contributed by atoms with Crippen LogP contribution in [0.4, 0.5) is 4.39 Å². The third-order valence-electron chi connectivity index (χ3n) is 3.90. The van der Waals surface area contributed by atoms with Crippen LogP contribution in [-0.4, -0.2) is 40.1 Å². The van der Waals surface area contributed by atoms with E-state index in [2.05, 4.69) is 26.1 Å². The normalized spacial score (nSPS) is 16.6. The summed E-state index contributed by atoms with van der Waals surface area (Å²) in [6.07, 6.45) is 1.52. The lowest BCUT2D eigenvalue weighted by atomic mass is 10.1. The van der Waals surface area contributed by atoms with E-state index in [0.717, 1.165) is 35.7 Å². The second-order valence-electron chi connectivity index (χ2n) is 5.41. The van der Waals surface area contributed by atoms with Crippen molar-refractivity contribution in [3.8, 4) is 0 Å². The van der Waals surface area contributed by atoms with Crippen molar-refractivity contribution in [1.29, 1.82) is 0 Å². The zero-order chi connectivity index (χ0) is 17.8. The Kier molecular flexibility index (Phi) is 5.17. The lowest BCUT2D eigenvalue weighted by Crippen LogP contribution is -2.29. The third-order valence-corrected chi connectivity index (χ3v) is 4.85. The summed E-state index contributed by atoms with van der Waals surface area (Å²) in [5.74, 6) is -0.328. The number of hydrogen-bond acceptors (Lipinski definition) is 7. The summed E-state index contributed by atoms with van der Waals surface area (Å²) in [7, 11) is 1.53. The predicted octanol–water partition coefficient (Wildman–Crippen LogP) is 1.46. The quantitative estimate of drug-likeness (QED) is 0.242. The molecule has 1 aliphatic rings. The highest BCUT2D eigenvalue weighted by Gasteiger charge is 2.27. The molecule has 1 aliphatic carbocycles. The number of hydrogen-bond donors (Lipinski definition) is 3. The summed E-state index contributed by atoms with van der Waals surface area (Å²) in [4.78, 5) is 11.4. The number of nitrogens with zero attached hydrogens (tertiary/aromatic N) is 3. The molecular weight excluding hydrogens is 349 g/mol. The smallest absolute Gasteiger partial charge is 0.230 e. The van der Waals surface area contributed by atoms with Gasteiger partial charge in [-0.05, 0) is 46.4 Å². The first-order valence-corrected chi connectivity index (χ1v) is 8.54. The molecule has 0 aliphatic heterocycles. The number of amidine groups is 1. The molecule has 0 bridgehead atoms. The van der Waals surface area contributed by atoms with Crippen LogP contribution in [0.2, 0.25) is 0 Å². The second-order valence-corrected chi connectivity index (χ2v) is 6.37. The Bertz CT molecular complexity index is 810. The average Bonchev–Trinajstić information content (AvgIpc) is 3.24. The fourth-order valence-corrected chi connectivity index (χ4v) is 3.43. The number of aromatic nitrogens is 2. The van der Waals surface area contributed by atoms with Gasteiger partial charge >= 0.3 is 0 Å². The van der Waals surface area contributed by atoms with Gasteiger partial charge in [0.2, 0.25) is 5.91 Å². The van der Waals surface area contributed by atoms with Crippen molar-refractivity contribution in [3.63, 3.8) is 0 Å². The molecule has 1 heterocycles. The molecule has 3 N–H and O–H groups in total. The molecule has 0 saturated carbocycles. The second kappa shape index (κ2) is 7.51. The van der Waals surface area contributed by atoms with E-state index in [4.69, 9.17) is 4.63 Å². The molecule has 0 radical (unpaired) electrons. The van der Waals surface area contributed by atoms with Crippen LogP contribution in [0.5, 0.6) is 0 Å². The maximum Gasteiger partial charge on any atom is 0.230 e. The van der Waals surface area contributed by atoms with Crippen LogP contribution < -0.4 is 10.6 Å². The van der Waals surface area contributed by atoms with Gasteiger partial charge in [0.25, 0.3) is 0 Å². The summed E-state index contributed by atoms with van der Waals surface area (Å²) in [5.41, 5.74) is 2.06. The number of thioether (sulfide) groups is 1. The van der Waals surface area contributed by atoms with Crippen molar-refractivity contribution in [3.05, 3.63) is 40.8 Å². The van der Waals surface area contributed by atoms with E-state index >= 15 is 0 Å². The maximum absolute atomic E-state index is 13.5. The molecule has 25 heavy (non-hydrogen) atoms. The molecule has 1 atom stereocenters. The van der Waals surface area contributed by atoms with Gasteiger partial charge in [-0.15, -0.1) is 0 Å². The van der Waals surface area contributed by atoms with Crippen LogP contribution in [0, 0.1) is 5.82 Å². The van der Waals surface area contributed by atoms with Gasteiger partial charge in [0, 0.05) is 7.05 Å². The average molecular weight is 365 g/mol. The van der Waals surface area contributed by atoms with Gasteiger partial charge in [0.1, 0.15) is 5.82 Å². The van der Waals surface area contributed by atoms with E-state index in [1.807, 2.05) is 0 Å². The van der Waals surface area contributed by atoms with Crippen LogP contribution in [0.25, 0.3) is 0 Å². The first-order valence-electron chi connectivity index (χ1n) is 7.55. The van der Waals surface area contributed by atoms with Crippen LogP contribution >= 0.6 is 11.8 Å². The molecule has 1 aromatic heterocycles. The molecule has 2 aromatic rings. The van der Waals surface area contributed by atoms with Crippen molar-refractivity contribution in [2.75, 3.05) is 12.8 Å². The lowest BCUT2D eigenvalue weighted by molar-refractivity contribution is -0.118. The minimum atomic E-state index is -0.320. The zero-order valence-electron chi connectivity index (χ0n) is 13.3. The van der Waals surface area contributed by atoms with Crippen LogP contribution in [0.3, 0.4) is 0 Å². The largest absolute Gasteiger partial charge is 0.409 e. The van der Waals surface area contributed by atoms with Crippen molar-refractivity contribution >= 4 is 23.5 Å². The number of carbonyl (C=O) groups excluding carboxylic acids is 1. The van der Waals surface area contributed by atoms with Gasteiger partial charge in [-0.2, -0.15) is 0 Å². The highest BCUT2D eigenvalue weighted by Crippen LogP contribution is 2.32. The van der Waals surface area contributed by atoms with Crippen LogP contribution in [0.15, 0.2) is 33.0 Å². The van der Waals surface area contributed by atoms with E-state index < -0.39 is 0 Å². The first-order chi connectivity index (χ1) is 12.1. The Balaban J connectivity index is 1.76. The predicted molar refractivity (Wildman–Crippen MR) is 88.0 cm³/mol. The number of benzene rings is 1. The van der Waals surface area contributed by atoms with Gasteiger partial charge < -0.3 is 15.8 Å². The molecule has 1 amide bonds.